The lowest BCUT2D eigenvalue weighted by Crippen LogP contribution is -2.36. The highest BCUT2D eigenvalue weighted by Gasteiger charge is 2.30. The van der Waals surface area contributed by atoms with Gasteiger partial charge in [-0.1, -0.05) is 24.3 Å². The van der Waals surface area contributed by atoms with Crippen LogP contribution in [-0.2, 0) is 21.2 Å². The van der Waals surface area contributed by atoms with E-state index >= 15 is 0 Å². The number of carbonyl (C=O) groups is 2. The minimum Gasteiger partial charge on any atom is -0.490 e. The molecule has 0 aliphatic heterocycles. The molecule has 0 radical (unpaired) electrons. The molecule has 0 fully saturated rings. The number of methoxy groups -OCH3 is 1. The molecule has 3 aromatic rings. The van der Waals surface area contributed by atoms with Crippen LogP contribution in [0.5, 0.6) is 5.75 Å². The molecule has 1 heterocycles. The van der Waals surface area contributed by atoms with Gasteiger partial charge in [0.15, 0.2) is 0 Å². The van der Waals surface area contributed by atoms with Crippen LogP contribution >= 0.6 is 12.8 Å². The van der Waals surface area contributed by atoms with Crippen molar-refractivity contribution in [3.8, 4) is 5.75 Å². The van der Waals surface area contributed by atoms with Crippen LogP contribution in [-0.4, -0.2) is 63.0 Å². The second kappa shape index (κ2) is 11.9. The molecule has 0 aliphatic carbocycles. The van der Waals surface area contributed by atoms with Crippen molar-refractivity contribution in [2.75, 3.05) is 33.9 Å². The van der Waals surface area contributed by atoms with Gasteiger partial charge in [-0.25, -0.2) is 4.79 Å². The van der Waals surface area contributed by atoms with E-state index in [1.165, 1.54) is 32.5 Å². The number of aromatic nitrogens is 1. The van der Waals surface area contributed by atoms with Crippen molar-refractivity contribution < 1.29 is 27.5 Å². The Bertz CT molecular complexity index is 1320. The number of nitrogens with zero attached hydrogens (tertiary/aromatic N) is 2. The smallest absolute Gasteiger partial charge is 0.341 e. The molecule has 0 atom stereocenters. The number of rotatable bonds is 10. The fraction of sp³-hybridized carbons (Fsp3) is 0.261. The fourth-order valence-electron chi connectivity index (χ4n) is 3.18. The molecular formula is C23H26N4O6S2. The molecule has 2 N–H and O–H groups in total. The van der Waals surface area contributed by atoms with Crippen LogP contribution in [0.2, 0.25) is 0 Å². The van der Waals surface area contributed by atoms with Gasteiger partial charge in [0.05, 0.1) is 17.7 Å². The molecule has 0 aliphatic rings. The van der Waals surface area contributed by atoms with Crippen LogP contribution in [0, 0.1) is 0 Å². The molecule has 35 heavy (non-hydrogen) atoms. The zero-order chi connectivity index (χ0) is 25.4. The van der Waals surface area contributed by atoms with Crippen molar-refractivity contribution in [2.45, 2.75) is 11.3 Å². The predicted octanol–water partition coefficient (Wildman–Crippen LogP) is 2.41. The first-order valence-electron chi connectivity index (χ1n) is 10.6. The zero-order valence-electron chi connectivity index (χ0n) is 19.2. The Morgan fingerprint density at radius 2 is 1.89 bits per heavy atom. The first kappa shape index (κ1) is 26.3. The van der Waals surface area contributed by atoms with E-state index in [1.807, 2.05) is 24.3 Å². The molecule has 0 saturated heterocycles. The summed E-state index contributed by atoms with van der Waals surface area (Å²) in [7, 11) is -1.54. The van der Waals surface area contributed by atoms with Crippen molar-refractivity contribution in [1.82, 2.24) is 19.3 Å². The van der Waals surface area contributed by atoms with Gasteiger partial charge in [0.1, 0.15) is 17.3 Å². The number of ether oxygens (including phenoxy) is 2. The minimum atomic E-state index is -4.32. The molecule has 0 unspecified atom stereocenters. The van der Waals surface area contributed by atoms with Crippen LogP contribution in [0.25, 0.3) is 10.9 Å². The highest BCUT2D eigenvalue weighted by atomic mass is 32.3. The number of benzene rings is 2. The molecule has 0 saturated carbocycles. The maximum absolute atomic E-state index is 13.0. The Kier molecular flexibility index (Phi) is 8.90. The topological polar surface area (TPSA) is 127 Å². The third kappa shape index (κ3) is 6.41. The first-order chi connectivity index (χ1) is 16.8. The summed E-state index contributed by atoms with van der Waals surface area (Å²) in [5, 5.41) is 5.88. The first-order valence-corrected chi connectivity index (χ1v) is 12.5. The molecule has 1 aromatic heterocycles. The van der Waals surface area contributed by atoms with Gasteiger partial charge in [0.2, 0.25) is 0 Å². The molecule has 3 amide bonds. The second-order valence-electron chi connectivity index (χ2n) is 7.35. The van der Waals surface area contributed by atoms with Gasteiger partial charge >= 0.3 is 6.03 Å². The second-order valence-corrected chi connectivity index (χ2v) is 9.77. The number of pyridine rings is 1. The highest BCUT2D eigenvalue weighted by Crippen LogP contribution is 2.29. The quantitative estimate of drug-likeness (QED) is 0.278. The van der Waals surface area contributed by atoms with E-state index in [9.17, 15) is 18.0 Å². The maximum atomic E-state index is 13.0. The molecule has 2 aromatic carbocycles. The molecule has 10 nitrogen and oxygen atoms in total. The predicted molar refractivity (Wildman–Crippen MR) is 134 cm³/mol. The van der Waals surface area contributed by atoms with Crippen LogP contribution in [0.4, 0.5) is 4.79 Å². The Hall–Kier alpha value is -3.35. The van der Waals surface area contributed by atoms with Crippen LogP contribution in [0.3, 0.4) is 0 Å². The highest BCUT2D eigenvalue weighted by molar-refractivity contribution is 8.00. The van der Waals surface area contributed by atoms with E-state index in [1.54, 1.807) is 12.1 Å². The van der Waals surface area contributed by atoms with Crippen molar-refractivity contribution >= 4 is 45.7 Å². The standard InChI is InChI=1S/C23H26N4O6S2/c1-24-23(29)27(34)35(30,31)21-13-16(7-8-20(21)33-12-11-32-2)9-10-25-22(28)18-14-17-5-3-4-6-19(17)26-15-18/h3-8,13-15,34H,9-12H2,1-2H3,(H,24,29)(H,25,28). The number of urea groups is 1. The lowest BCUT2D eigenvalue weighted by Gasteiger charge is -2.19. The molecule has 0 bridgehead atoms. The third-order valence-corrected chi connectivity index (χ3v) is 7.32. The normalized spacial score (nSPS) is 11.2. The SMILES string of the molecule is CNC(=O)N(S)S(=O)(=O)c1cc(CCNC(=O)c2cnc3ccccc3c2)ccc1OCCOC. The number of carbonyl (C=O) groups excluding carboxylic acids is 2. The minimum absolute atomic E-state index is 0.0556. The van der Waals surface area contributed by atoms with Crippen molar-refractivity contribution in [2.24, 2.45) is 0 Å². The molecule has 186 valence electrons. The Morgan fingerprint density at radius 3 is 2.63 bits per heavy atom. The molecule has 12 heteroatoms. The average molecular weight is 519 g/mol. The summed E-state index contributed by atoms with van der Waals surface area (Å²) in [6.45, 7) is 0.604. The summed E-state index contributed by atoms with van der Waals surface area (Å²) in [5.74, 6) is -0.239. The number of sulfonamides is 1. The van der Waals surface area contributed by atoms with Gasteiger partial charge in [0, 0.05) is 32.3 Å². The zero-order valence-corrected chi connectivity index (χ0v) is 20.9. The van der Waals surface area contributed by atoms with Crippen LogP contribution in [0.15, 0.2) is 59.6 Å². The van der Waals surface area contributed by atoms with E-state index in [2.05, 4.69) is 28.4 Å². The number of amides is 3. The number of fused-ring (bicyclic) bond motifs is 1. The van der Waals surface area contributed by atoms with Gasteiger partial charge in [0.25, 0.3) is 15.9 Å². The number of nitrogens with one attached hydrogen (secondary N) is 2. The van der Waals surface area contributed by atoms with Crippen molar-refractivity contribution in [1.29, 1.82) is 0 Å². The van der Waals surface area contributed by atoms with E-state index in [0.717, 1.165) is 10.9 Å². The summed E-state index contributed by atoms with van der Waals surface area (Å²) < 4.78 is 36.8. The largest absolute Gasteiger partial charge is 0.490 e. The Balaban J connectivity index is 1.75. The Morgan fingerprint density at radius 1 is 1.11 bits per heavy atom. The summed E-state index contributed by atoms with van der Waals surface area (Å²) in [6.07, 6.45) is 1.84. The van der Waals surface area contributed by atoms with Crippen molar-refractivity contribution in [3.05, 3.63) is 65.9 Å². The van der Waals surface area contributed by atoms with Crippen molar-refractivity contribution in [3.63, 3.8) is 0 Å². The lowest BCUT2D eigenvalue weighted by molar-refractivity contribution is 0.0954. The number of thiol groups is 1. The summed E-state index contributed by atoms with van der Waals surface area (Å²) in [6, 6.07) is 12.9. The number of hydrogen-bond acceptors (Lipinski definition) is 8. The number of para-hydroxylation sites is 1. The van der Waals surface area contributed by atoms with Gasteiger partial charge in [-0.05, 0) is 49.1 Å². The lowest BCUT2D eigenvalue weighted by atomic mass is 10.1. The number of hydrogen-bond donors (Lipinski definition) is 3. The van der Waals surface area contributed by atoms with E-state index in [0.29, 0.717) is 21.3 Å². The van der Waals surface area contributed by atoms with E-state index in [4.69, 9.17) is 9.47 Å². The van der Waals surface area contributed by atoms with Gasteiger partial charge in [-0.2, -0.15) is 12.1 Å². The van der Waals surface area contributed by atoms with Crippen LogP contribution < -0.4 is 15.4 Å². The van der Waals surface area contributed by atoms with E-state index in [-0.39, 0.29) is 36.3 Å². The fourth-order valence-corrected chi connectivity index (χ4v) is 4.72. The average Bonchev–Trinajstić information content (AvgIpc) is 2.88. The summed E-state index contributed by atoms with van der Waals surface area (Å²) in [5.41, 5.74) is 1.82. The maximum Gasteiger partial charge on any atom is 0.341 e. The molecule has 0 spiro atoms. The molecular weight excluding hydrogens is 492 g/mol. The van der Waals surface area contributed by atoms with Gasteiger partial charge in [-0.3, -0.25) is 9.78 Å². The van der Waals surface area contributed by atoms with Crippen LogP contribution in [0.1, 0.15) is 15.9 Å². The molecule has 3 rings (SSSR count). The third-order valence-electron chi connectivity index (χ3n) is 5.00. The summed E-state index contributed by atoms with van der Waals surface area (Å²) >= 11 is 3.84. The van der Waals surface area contributed by atoms with Gasteiger partial charge < -0.3 is 20.1 Å². The monoisotopic (exact) mass is 518 g/mol. The van der Waals surface area contributed by atoms with E-state index < -0.39 is 16.1 Å². The summed E-state index contributed by atoms with van der Waals surface area (Å²) in [4.78, 5) is 28.5. The van der Waals surface area contributed by atoms with Gasteiger partial charge in [-0.15, -0.1) is 0 Å². The Labute approximate surface area is 209 Å².